The van der Waals surface area contributed by atoms with Crippen molar-refractivity contribution >= 4 is 28.2 Å². The zero-order chi connectivity index (χ0) is 19.6. The molecule has 0 spiro atoms. The molecular formula is C17H10F3N3O4. The number of halogens is 3. The third kappa shape index (κ3) is 3.64. The van der Waals surface area contributed by atoms with Crippen molar-refractivity contribution in [3.05, 3.63) is 70.2 Å². The van der Waals surface area contributed by atoms with Gasteiger partial charge in [0.15, 0.2) is 24.1 Å². The molecule has 7 nitrogen and oxygen atoms in total. The van der Waals surface area contributed by atoms with E-state index in [0.29, 0.717) is 6.07 Å². The Labute approximate surface area is 149 Å². The van der Waals surface area contributed by atoms with Gasteiger partial charge in [-0.1, -0.05) is 0 Å². The molecule has 3 aromatic rings. The molecule has 2 aromatic carbocycles. The molecule has 1 N–H and O–H groups in total. The van der Waals surface area contributed by atoms with E-state index >= 15 is 0 Å². The van der Waals surface area contributed by atoms with Gasteiger partial charge in [-0.2, -0.15) is 0 Å². The molecule has 3 rings (SSSR count). The number of ether oxygens (including phenoxy) is 1. The molecule has 0 atom stereocenters. The molecule has 0 saturated carbocycles. The van der Waals surface area contributed by atoms with Crippen LogP contribution in [0.2, 0.25) is 0 Å². The van der Waals surface area contributed by atoms with E-state index in [9.17, 15) is 28.1 Å². The molecule has 1 aromatic heterocycles. The number of anilines is 1. The van der Waals surface area contributed by atoms with Gasteiger partial charge in [0.25, 0.3) is 11.6 Å². The highest BCUT2D eigenvalue weighted by molar-refractivity contribution is 5.94. The minimum Gasteiger partial charge on any atom is -0.481 e. The minimum absolute atomic E-state index is 0.0945. The fourth-order valence-electron chi connectivity index (χ4n) is 2.36. The molecule has 1 amide bonds. The number of carbonyl (C=O) groups excluding carboxylic acids is 1. The van der Waals surface area contributed by atoms with Crippen LogP contribution in [-0.2, 0) is 4.79 Å². The van der Waals surface area contributed by atoms with E-state index in [1.807, 2.05) is 0 Å². The molecule has 0 saturated heterocycles. The summed E-state index contributed by atoms with van der Waals surface area (Å²) in [6.45, 7) is -0.609. The average Bonchev–Trinajstić information content (AvgIpc) is 2.66. The zero-order valence-corrected chi connectivity index (χ0v) is 13.4. The van der Waals surface area contributed by atoms with Crippen LogP contribution in [0.3, 0.4) is 0 Å². The van der Waals surface area contributed by atoms with Crippen molar-refractivity contribution in [2.45, 2.75) is 0 Å². The monoisotopic (exact) mass is 377 g/mol. The molecule has 27 heavy (non-hydrogen) atoms. The molecule has 0 aliphatic heterocycles. The molecule has 0 aliphatic rings. The van der Waals surface area contributed by atoms with E-state index < -0.39 is 40.6 Å². The fourth-order valence-corrected chi connectivity index (χ4v) is 2.36. The lowest BCUT2D eigenvalue weighted by Gasteiger charge is -2.10. The molecule has 0 unspecified atom stereocenters. The Kier molecular flexibility index (Phi) is 4.88. The third-order valence-corrected chi connectivity index (χ3v) is 3.57. The van der Waals surface area contributed by atoms with Crippen molar-refractivity contribution < 1.29 is 27.6 Å². The number of nitro groups is 1. The highest BCUT2D eigenvalue weighted by atomic mass is 19.2. The van der Waals surface area contributed by atoms with Gasteiger partial charge in [-0.3, -0.25) is 19.9 Å². The van der Waals surface area contributed by atoms with E-state index in [0.717, 1.165) is 6.07 Å². The van der Waals surface area contributed by atoms with Gasteiger partial charge in [0.2, 0.25) is 0 Å². The second kappa shape index (κ2) is 7.28. The van der Waals surface area contributed by atoms with E-state index in [2.05, 4.69) is 10.3 Å². The average molecular weight is 377 g/mol. The topological polar surface area (TPSA) is 94.4 Å². The quantitative estimate of drug-likeness (QED) is 0.417. The van der Waals surface area contributed by atoms with Crippen molar-refractivity contribution in [3.8, 4) is 5.75 Å². The number of hydrogen-bond acceptors (Lipinski definition) is 5. The first-order valence-electron chi connectivity index (χ1n) is 7.46. The van der Waals surface area contributed by atoms with Crippen LogP contribution >= 0.6 is 0 Å². The lowest BCUT2D eigenvalue weighted by molar-refractivity contribution is -0.383. The summed E-state index contributed by atoms with van der Waals surface area (Å²) in [4.78, 5) is 26.4. The summed E-state index contributed by atoms with van der Waals surface area (Å²) in [5, 5.41) is 13.3. The summed E-state index contributed by atoms with van der Waals surface area (Å²) < 4.78 is 44.9. The molecule has 138 valence electrons. The maximum Gasteiger partial charge on any atom is 0.279 e. The van der Waals surface area contributed by atoms with Crippen LogP contribution in [-0.4, -0.2) is 22.4 Å². The Morgan fingerprint density at radius 2 is 1.93 bits per heavy atom. The standard InChI is InChI=1S/C17H10F3N3O4/c18-10-3-4-11(16(20)15(10)19)22-14(24)8-27-13-6-5-12(23(25)26)9-2-1-7-21-17(9)13/h1-7H,8H2,(H,22,24). The van der Waals surface area contributed by atoms with Crippen LogP contribution in [0.25, 0.3) is 10.9 Å². The zero-order valence-electron chi connectivity index (χ0n) is 13.4. The van der Waals surface area contributed by atoms with Gasteiger partial charge in [-0.15, -0.1) is 0 Å². The van der Waals surface area contributed by atoms with E-state index in [4.69, 9.17) is 4.74 Å². The van der Waals surface area contributed by atoms with E-state index in [-0.39, 0.29) is 22.3 Å². The SMILES string of the molecule is O=C(COc1ccc([N+](=O)[O-])c2cccnc12)Nc1ccc(F)c(F)c1F. The lowest BCUT2D eigenvalue weighted by atomic mass is 10.1. The number of nitrogens with one attached hydrogen (secondary N) is 1. The number of hydrogen-bond donors (Lipinski definition) is 1. The van der Waals surface area contributed by atoms with Crippen LogP contribution in [0, 0.1) is 27.6 Å². The summed E-state index contributed by atoms with van der Waals surface area (Å²) in [6, 6.07) is 7.00. The van der Waals surface area contributed by atoms with Gasteiger partial charge < -0.3 is 10.1 Å². The van der Waals surface area contributed by atoms with Crippen LogP contribution in [0.15, 0.2) is 42.6 Å². The van der Waals surface area contributed by atoms with Crippen LogP contribution in [0.1, 0.15) is 0 Å². The second-order valence-electron chi connectivity index (χ2n) is 5.30. The summed E-state index contributed by atoms with van der Waals surface area (Å²) >= 11 is 0. The molecule has 10 heteroatoms. The van der Waals surface area contributed by atoms with Gasteiger partial charge in [0.05, 0.1) is 16.0 Å². The predicted octanol–water partition coefficient (Wildman–Crippen LogP) is 3.58. The molecule has 0 fully saturated rings. The maximum absolute atomic E-state index is 13.6. The summed E-state index contributed by atoms with van der Waals surface area (Å²) in [6.07, 6.45) is 1.40. The number of amides is 1. The van der Waals surface area contributed by atoms with Crippen molar-refractivity contribution in [1.29, 1.82) is 0 Å². The summed E-state index contributed by atoms with van der Waals surface area (Å²) in [5.74, 6) is -5.38. The maximum atomic E-state index is 13.6. The number of non-ortho nitro benzene ring substituents is 1. The van der Waals surface area contributed by atoms with Crippen LogP contribution in [0.5, 0.6) is 5.75 Å². The highest BCUT2D eigenvalue weighted by Gasteiger charge is 2.18. The van der Waals surface area contributed by atoms with Crippen molar-refractivity contribution in [2.75, 3.05) is 11.9 Å². The fraction of sp³-hybridized carbons (Fsp3) is 0.0588. The number of benzene rings is 2. The highest BCUT2D eigenvalue weighted by Crippen LogP contribution is 2.31. The number of nitrogens with zero attached hydrogens (tertiary/aromatic N) is 2. The normalized spacial score (nSPS) is 10.6. The minimum atomic E-state index is -1.71. The Morgan fingerprint density at radius 1 is 1.15 bits per heavy atom. The molecular weight excluding hydrogens is 367 g/mol. The number of fused-ring (bicyclic) bond motifs is 1. The molecule has 1 heterocycles. The smallest absolute Gasteiger partial charge is 0.279 e. The van der Waals surface area contributed by atoms with Gasteiger partial charge >= 0.3 is 0 Å². The van der Waals surface area contributed by atoms with Crippen LogP contribution in [0.4, 0.5) is 24.5 Å². The number of pyridine rings is 1. The largest absolute Gasteiger partial charge is 0.481 e. The van der Waals surface area contributed by atoms with Crippen molar-refractivity contribution in [3.63, 3.8) is 0 Å². The Bertz CT molecular complexity index is 1060. The molecule has 0 radical (unpaired) electrons. The first kappa shape index (κ1) is 18.1. The third-order valence-electron chi connectivity index (χ3n) is 3.57. The first-order chi connectivity index (χ1) is 12.9. The van der Waals surface area contributed by atoms with Crippen LogP contribution < -0.4 is 10.1 Å². The number of aromatic nitrogens is 1. The predicted molar refractivity (Wildman–Crippen MR) is 88.8 cm³/mol. The number of nitro benzene ring substituents is 1. The second-order valence-corrected chi connectivity index (χ2v) is 5.30. The van der Waals surface area contributed by atoms with Gasteiger partial charge in [-0.25, -0.2) is 13.2 Å². The summed E-state index contributed by atoms with van der Waals surface area (Å²) in [7, 11) is 0. The van der Waals surface area contributed by atoms with E-state index in [1.54, 1.807) is 0 Å². The first-order valence-corrected chi connectivity index (χ1v) is 7.46. The van der Waals surface area contributed by atoms with Gasteiger partial charge in [0, 0.05) is 12.3 Å². The summed E-state index contributed by atoms with van der Waals surface area (Å²) in [5.41, 5.74) is -0.563. The lowest BCUT2D eigenvalue weighted by Crippen LogP contribution is -2.21. The Morgan fingerprint density at radius 3 is 2.67 bits per heavy atom. The molecule has 0 bridgehead atoms. The Balaban J connectivity index is 1.77. The van der Waals surface area contributed by atoms with Crippen molar-refractivity contribution in [1.82, 2.24) is 4.98 Å². The van der Waals surface area contributed by atoms with Gasteiger partial charge in [0.1, 0.15) is 11.3 Å². The number of rotatable bonds is 5. The number of carbonyl (C=O) groups is 1. The Hall–Kier alpha value is -3.69. The van der Waals surface area contributed by atoms with Gasteiger partial charge in [-0.05, 0) is 30.3 Å². The van der Waals surface area contributed by atoms with E-state index in [1.165, 1.54) is 30.5 Å². The molecule has 0 aliphatic carbocycles. The van der Waals surface area contributed by atoms with Crippen molar-refractivity contribution in [2.24, 2.45) is 0 Å².